The van der Waals surface area contributed by atoms with Gasteiger partial charge in [-0.2, -0.15) is 0 Å². The summed E-state index contributed by atoms with van der Waals surface area (Å²) >= 11 is 0. The highest BCUT2D eigenvalue weighted by molar-refractivity contribution is 5.91. The number of non-ortho nitro benzene ring substituents is 1. The lowest BCUT2D eigenvalue weighted by Gasteiger charge is -2.31. The zero-order chi connectivity index (χ0) is 14.1. The Kier molecular flexibility index (Phi) is 3.19. The first-order chi connectivity index (χ1) is 9.65. The molecule has 104 valence electrons. The second-order valence-electron chi connectivity index (χ2n) is 4.90. The van der Waals surface area contributed by atoms with E-state index in [0.717, 1.165) is 19.4 Å². The van der Waals surface area contributed by atoms with Gasteiger partial charge in [0.25, 0.3) is 5.69 Å². The summed E-state index contributed by atoms with van der Waals surface area (Å²) in [5, 5.41) is 21.3. The fraction of sp³-hybridized carbons (Fsp3) is 0.385. The largest absolute Gasteiger partial charge is 0.391 e. The Morgan fingerprint density at radius 1 is 1.40 bits per heavy atom. The van der Waals surface area contributed by atoms with Crippen molar-refractivity contribution in [2.75, 3.05) is 18.0 Å². The molecule has 0 saturated carbocycles. The molecule has 1 unspecified atom stereocenters. The van der Waals surface area contributed by atoms with E-state index in [-0.39, 0.29) is 11.8 Å². The molecule has 0 aliphatic carbocycles. The minimum absolute atomic E-state index is 0.0195. The Morgan fingerprint density at radius 2 is 2.25 bits per heavy atom. The van der Waals surface area contributed by atoms with Gasteiger partial charge in [-0.1, -0.05) is 0 Å². The lowest BCUT2D eigenvalue weighted by atomic mass is 10.1. The third-order valence-electron chi connectivity index (χ3n) is 3.50. The fourth-order valence-electron chi connectivity index (χ4n) is 2.54. The standard InChI is InChI=1S/C13H14N4O3/c18-10-2-1-5-16(7-10)13-11-6-9(17(19)20)3-4-12(11)14-8-15-13/h3-4,6,8,10,18H,1-2,5,7H2. The molecule has 3 rings (SSSR count). The summed E-state index contributed by atoms with van der Waals surface area (Å²) < 4.78 is 0. The van der Waals surface area contributed by atoms with E-state index in [1.54, 1.807) is 6.07 Å². The number of hydrogen-bond acceptors (Lipinski definition) is 6. The van der Waals surface area contributed by atoms with Gasteiger partial charge >= 0.3 is 0 Å². The lowest BCUT2D eigenvalue weighted by molar-refractivity contribution is -0.384. The molecule has 7 nitrogen and oxygen atoms in total. The van der Waals surface area contributed by atoms with Crippen molar-refractivity contribution in [3.63, 3.8) is 0 Å². The molecule has 1 atom stereocenters. The quantitative estimate of drug-likeness (QED) is 0.659. The molecule has 1 N–H and O–H groups in total. The van der Waals surface area contributed by atoms with Crippen LogP contribution < -0.4 is 4.90 Å². The molecule has 0 bridgehead atoms. The topological polar surface area (TPSA) is 92.4 Å². The van der Waals surface area contributed by atoms with Crippen molar-refractivity contribution in [1.82, 2.24) is 9.97 Å². The molecule has 0 amide bonds. The normalized spacial score (nSPS) is 19.2. The number of fused-ring (bicyclic) bond motifs is 1. The number of hydrogen-bond donors (Lipinski definition) is 1. The monoisotopic (exact) mass is 274 g/mol. The first-order valence-corrected chi connectivity index (χ1v) is 6.47. The minimum Gasteiger partial charge on any atom is -0.391 e. The molecule has 0 spiro atoms. The molecule has 2 heterocycles. The number of benzene rings is 1. The SMILES string of the molecule is O=[N+]([O-])c1ccc2ncnc(N3CCCC(O)C3)c2c1. The molecule has 20 heavy (non-hydrogen) atoms. The van der Waals surface area contributed by atoms with Gasteiger partial charge in [0.05, 0.1) is 16.5 Å². The Morgan fingerprint density at radius 3 is 3.00 bits per heavy atom. The predicted octanol–water partition coefficient (Wildman–Crippen LogP) is 1.50. The van der Waals surface area contributed by atoms with E-state index in [2.05, 4.69) is 9.97 Å². The van der Waals surface area contributed by atoms with Crippen molar-refractivity contribution < 1.29 is 10.0 Å². The second-order valence-corrected chi connectivity index (χ2v) is 4.90. The molecular formula is C13H14N4O3. The van der Waals surface area contributed by atoms with Crippen LogP contribution in [0.2, 0.25) is 0 Å². The zero-order valence-electron chi connectivity index (χ0n) is 10.8. The van der Waals surface area contributed by atoms with Crippen LogP contribution in [0.4, 0.5) is 11.5 Å². The van der Waals surface area contributed by atoms with Crippen molar-refractivity contribution in [1.29, 1.82) is 0 Å². The highest BCUT2D eigenvalue weighted by atomic mass is 16.6. The first-order valence-electron chi connectivity index (χ1n) is 6.47. The Balaban J connectivity index is 2.09. The van der Waals surface area contributed by atoms with Crippen LogP contribution >= 0.6 is 0 Å². The maximum atomic E-state index is 10.9. The minimum atomic E-state index is -0.429. The Hall–Kier alpha value is -2.28. The average Bonchev–Trinajstić information content (AvgIpc) is 2.46. The van der Waals surface area contributed by atoms with Gasteiger partial charge in [0.2, 0.25) is 0 Å². The van der Waals surface area contributed by atoms with E-state index >= 15 is 0 Å². The molecular weight excluding hydrogens is 260 g/mol. The Bertz CT molecular complexity index is 661. The van der Waals surface area contributed by atoms with Crippen LogP contribution in [0.3, 0.4) is 0 Å². The number of aliphatic hydroxyl groups excluding tert-OH is 1. The summed E-state index contributed by atoms with van der Waals surface area (Å²) in [7, 11) is 0. The first kappa shape index (κ1) is 12.7. The van der Waals surface area contributed by atoms with Gasteiger partial charge in [0, 0.05) is 30.6 Å². The van der Waals surface area contributed by atoms with E-state index in [1.165, 1.54) is 18.5 Å². The molecule has 7 heteroatoms. The van der Waals surface area contributed by atoms with Crippen molar-refractivity contribution in [2.24, 2.45) is 0 Å². The average molecular weight is 274 g/mol. The number of nitro benzene ring substituents is 1. The van der Waals surface area contributed by atoms with Crippen molar-refractivity contribution in [3.05, 3.63) is 34.6 Å². The van der Waals surface area contributed by atoms with Crippen LogP contribution in [0, 0.1) is 10.1 Å². The molecule has 1 aliphatic heterocycles. The van der Waals surface area contributed by atoms with E-state index < -0.39 is 4.92 Å². The van der Waals surface area contributed by atoms with Gasteiger partial charge in [-0.25, -0.2) is 9.97 Å². The van der Waals surface area contributed by atoms with E-state index in [1.807, 2.05) is 4.90 Å². The summed E-state index contributed by atoms with van der Waals surface area (Å²) in [6, 6.07) is 4.55. The van der Waals surface area contributed by atoms with Gasteiger partial charge in [0.15, 0.2) is 0 Å². The van der Waals surface area contributed by atoms with E-state index in [9.17, 15) is 15.2 Å². The maximum absolute atomic E-state index is 10.9. The summed E-state index contributed by atoms with van der Waals surface area (Å²) in [5.41, 5.74) is 0.687. The molecule has 1 saturated heterocycles. The van der Waals surface area contributed by atoms with Crippen LogP contribution in [0.15, 0.2) is 24.5 Å². The molecule has 1 aliphatic rings. The van der Waals surface area contributed by atoms with Crippen LogP contribution in [-0.2, 0) is 0 Å². The second kappa shape index (κ2) is 5.01. The van der Waals surface area contributed by atoms with Crippen molar-refractivity contribution in [3.8, 4) is 0 Å². The molecule has 1 fully saturated rings. The van der Waals surface area contributed by atoms with Gasteiger partial charge in [0.1, 0.15) is 12.1 Å². The number of nitrogens with zero attached hydrogens (tertiary/aromatic N) is 4. The summed E-state index contributed by atoms with van der Waals surface area (Å²) in [6.07, 6.45) is 2.72. The number of aliphatic hydroxyl groups is 1. The van der Waals surface area contributed by atoms with Crippen LogP contribution in [-0.4, -0.2) is 39.2 Å². The molecule has 1 aromatic heterocycles. The molecule has 0 radical (unpaired) electrons. The van der Waals surface area contributed by atoms with Gasteiger partial charge in [-0.05, 0) is 18.9 Å². The summed E-state index contributed by atoms with van der Waals surface area (Å²) in [5.74, 6) is 0.650. The number of aromatic nitrogens is 2. The summed E-state index contributed by atoms with van der Waals surface area (Å²) in [6.45, 7) is 1.28. The number of β-amino-alcohol motifs (C(OH)–C–C–N with tert-alkyl or cyclic N) is 1. The van der Waals surface area contributed by atoms with E-state index in [4.69, 9.17) is 0 Å². The smallest absolute Gasteiger partial charge is 0.270 e. The third-order valence-corrected chi connectivity index (χ3v) is 3.50. The number of rotatable bonds is 2. The third kappa shape index (κ3) is 2.27. The highest BCUT2D eigenvalue weighted by Crippen LogP contribution is 2.28. The van der Waals surface area contributed by atoms with Crippen LogP contribution in [0.5, 0.6) is 0 Å². The lowest BCUT2D eigenvalue weighted by Crippen LogP contribution is -2.38. The van der Waals surface area contributed by atoms with Crippen molar-refractivity contribution >= 4 is 22.4 Å². The van der Waals surface area contributed by atoms with Gasteiger partial charge < -0.3 is 10.0 Å². The summed E-state index contributed by atoms with van der Waals surface area (Å²) in [4.78, 5) is 20.8. The van der Waals surface area contributed by atoms with Gasteiger partial charge in [-0.3, -0.25) is 10.1 Å². The predicted molar refractivity (Wildman–Crippen MR) is 73.6 cm³/mol. The molecule has 1 aromatic carbocycles. The van der Waals surface area contributed by atoms with Gasteiger partial charge in [-0.15, -0.1) is 0 Å². The van der Waals surface area contributed by atoms with Crippen LogP contribution in [0.1, 0.15) is 12.8 Å². The number of anilines is 1. The fourth-order valence-corrected chi connectivity index (χ4v) is 2.54. The zero-order valence-corrected chi connectivity index (χ0v) is 10.8. The maximum Gasteiger partial charge on any atom is 0.270 e. The molecule has 2 aromatic rings. The highest BCUT2D eigenvalue weighted by Gasteiger charge is 2.21. The van der Waals surface area contributed by atoms with Crippen LogP contribution in [0.25, 0.3) is 10.9 Å². The number of nitro groups is 1. The Labute approximate surface area is 115 Å². The van der Waals surface area contributed by atoms with Crippen molar-refractivity contribution in [2.45, 2.75) is 18.9 Å². The number of piperidine rings is 1. The van der Waals surface area contributed by atoms with E-state index in [0.29, 0.717) is 23.3 Å².